The van der Waals surface area contributed by atoms with E-state index in [0.29, 0.717) is 6.61 Å². The third-order valence-corrected chi connectivity index (χ3v) is 2.66. The average Bonchev–Trinajstić information content (AvgIpc) is 2.22. The van der Waals surface area contributed by atoms with E-state index in [1.807, 2.05) is 0 Å². The molecule has 1 aliphatic rings. The molecule has 1 aliphatic carbocycles. The van der Waals surface area contributed by atoms with E-state index in [4.69, 9.17) is 14.2 Å². The molecule has 0 radical (unpaired) electrons. The van der Waals surface area contributed by atoms with E-state index in [1.165, 1.54) is 7.11 Å². The Morgan fingerprint density at radius 1 is 1.35 bits per heavy atom. The number of hydrogen-bond acceptors (Lipinski definition) is 4. The van der Waals surface area contributed by atoms with Gasteiger partial charge in [0, 0.05) is 13.5 Å². The lowest BCUT2D eigenvalue weighted by atomic mass is 9.88. The van der Waals surface area contributed by atoms with Gasteiger partial charge >= 0.3 is 6.18 Å². The molecule has 1 fully saturated rings. The molecule has 4 atom stereocenters. The molecule has 102 valence electrons. The van der Waals surface area contributed by atoms with Gasteiger partial charge < -0.3 is 19.3 Å². The molecule has 7 heteroatoms. The highest BCUT2D eigenvalue weighted by Gasteiger charge is 2.47. The number of hydrogen-bond donors (Lipinski definition) is 1. The van der Waals surface area contributed by atoms with Crippen molar-refractivity contribution in [3.8, 4) is 0 Å². The molecule has 0 spiro atoms. The van der Waals surface area contributed by atoms with Crippen LogP contribution in [0, 0.1) is 0 Å². The van der Waals surface area contributed by atoms with E-state index in [0.717, 1.165) is 6.92 Å². The molecule has 0 aromatic carbocycles. The fraction of sp³-hybridized carbons (Fsp3) is 1.00. The average molecular weight is 258 g/mol. The van der Waals surface area contributed by atoms with Crippen LogP contribution >= 0.6 is 0 Å². The van der Waals surface area contributed by atoms with Crippen LogP contribution in [0.5, 0.6) is 0 Å². The van der Waals surface area contributed by atoms with Crippen LogP contribution in [0.1, 0.15) is 13.3 Å². The van der Waals surface area contributed by atoms with Gasteiger partial charge in [0.1, 0.15) is 6.10 Å². The first-order valence-corrected chi connectivity index (χ1v) is 5.37. The van der Waals surface area contributed by atoms with Crippen molar-refractivity contribution in [2.24, 2.45) is 0 Å². The van der Waals surface area contributed by atoms with Crippen molar-refractivity contribution in [2.75, 3.05) is 20.3 Å². The van der Waals surface area contributed by atoms with Crippen LogP contribution in [-0.4, -0.2) is 56.0 Å². The summed E-state index contributed by atoms with van der Waals surface area (Å²) in [6.07, 6.45) is -8.25. The Labute approximate surface area is 97.6 Å². The number of aliphatic hydroxyl groups is 1. The Kier molecular flexibility index (Phi) is 5.18. The summed E-state index contributed by atoms with van der Waals surface area (Å²) in [6, 6.07) is 0. The number of ether oxygens (including phenoxy) is 3. The van der Waals surface area contributed by atoms with E-state index in [2.05, 4.69) is 0 Å². The van der Waals surface area contributed by atoms with Crippen molar-refractivity contribution >= 4 is 0 Å². The number of halogens is 3. The second kappa shape index (κ2) is 5.99. The maximum atomic E-state index is 12.3. The second-order valence-electron chi connectivity index (χ2n) is 3.99. The summed E-state index contributed by atoms with van der Waals surface area (Å²) in [6.45, 7) is 1.49. The van der Waals surface area contributed by atoms with E-state index < -0.39 is 30.6 Å². The molecule has 1 rings (SSSR count). The largest absolute Gasteiger partial charge is 0.414 e. The van der Waals surface area contributed by atoms with Gasteiger partial charge in [0.05, 0.1) is 25.4 Å². The summed E-state index contributed by atoms with van der Waals surface area (Å²) in [7, 11) is 1.49. The van der Waals surface area contributed by atoms with Crippen LogP contribution in [0.25, 0.3) is 0 Å². The lowest BCUT2D eigenvalue weighted by molar-refractivity contribution is -0.271. The Morgan fingerprint density at radius 2 is 2.00 bits per heavy atom. The molecule has 1 N–H and O–H groups in total. The van der Waals surface area contributed by atoms with Crippen LogP contribution < -0.4 is 0 Å². The highest BCUT2D eigenvalue weighted by molar-refractivity contribution is 4.92. The van der Waals surface area contributed by atoms with Gasteiger partial charge in [0.15, 0.2) is 6.10 Å². The second-order valence-corrected chi connectivity index (χ2v) is 3.99. The maximum absolute atomic E-state index is 12.3. The van der Waals surface area contributed by atoms with Gasteiger partial charge in [-0.15, -0.1) is 0 Å². The first-order valence-electron chi connectivity index (χ1n) is 5.37. The van der Waals surface area contributed by atoms with Gasteiger partial charge in [-0.25, -0.2) is 0 Å². The van der Waals surface area contributed by atoms with Crippen LogP contribution in [0.4, 0.5) is 13.2 Å². The van der Waals surface area contributed by atoms with Gasteiger partial charge in [-0.05, 0) is 6.92 Å². The van der Waals surface area contributed by atoms with Crippen molar-refractivity contribution in [1.29, 1.82) is 0 Å². The molecule has 17 heavy (non-hydrogen) atoms. The van der Waals surface area contributed by atoms with Crippen molar-refractivity contribution in [3.05, 3.63) is 0 Å². The predicted octanol–water partition coefficient (Wildman–Crippen LogP) is 1.12. The Morgan fingerprint density at radius 3 is 2.47 bits per heavy atom. The van der Waals surface area contributed by atoms with E-state index in [9.17, 15) is 18.3 Å². The molecule has 0 bridgehead atoms. The highest BCUT2D eigenvalue weighted by Crippen LogP contribution is 2.32. The summed E-state index contributed by atoms with van der Waals surface area (Å²) >= 11 is 0. The predicted molar refractivity (Wildman–Crippen MR) is 52.6 cm³/mol. The standard InChI is InChI=1S/C10H17F3O4/c1-6(10(11,12)13)17-8-5-7(14)9(8)16-4-3-15-2/h6-9,14H,3-5H2,1-2H3. The monoisotopic (exact) mass is 258 g/mol. The fourth-order valence-corrected chi connectivity index (χ4v) is 1.52. The molecule has 0 heterocycles. The Balaban J connectivity index is 2.34. The zero-order chi connectivity index (χ0) is 13.1. The van der Waals surface area contributed by atoms with E-state index in [-0.39, 0.29) is 13.0 Å². The van der Waals surface area contributed by atoms with Gasteiger partial charge in [-0.2, -0.15) is 13.2 Å². The Bertz CT molecular complexity index is 234. The molecule has 0 saturated heterocycles. The summed E-state index contributed by atoms with van der Waals surface area (Å²) in [4.78, 5) is 0. The SMILES string of the molecule is COCCOC1C(O)CC1OC(C)C(F)(F)F. The smallest absolute Gasteiger partial charge is 0.390 e. The summed E-state index contributed by atoms with van der Waals surface area (Å²) < 4.78 is 51.5. The quantitative estimate of drug-likeness (QED) is 0.725. The molecule has 0 aromatic heterocycles. The van der Waals surface area contributed by atoms with Crippen molar-refractivity contribution in [3.63, 3.8) is 0 Å². The molecule has 1 saturated carbocycles. The van der Waals surface area contributed by atoms with Crippen molar-refractivity contribution in [2.45, 2.75) is 43.9 Å². The molecule has 0 aromatic rings. The fourth-order valence-electron chi connectivity index (χ4n) is 1.52. The number of aliphatic hydroxyl groups excluding tert-OH is 1. The van der Waals surface area contributed by atoms with Crippen LogP contribution in [0.3, 0.4) is 0 Å². The van der Waals surface area contributed by atoms with Crippen molar-refractivity contribution in [1.82, 2.24) is 0 Å². The first kappa shape index (κ1) is 14.7. The minimum atomic E-state index is -4.39. The van der Waals surface area contributed by atoms with E-state index in [1.54, 1.807) is 0 Å². The minimum absolute atomic E-state index is 0.165. The summed E-state index contributed by atoms with van der Waals surface area (Å²) in [5, 5.41) is 9.37. The lowest BCUT2D eigenvalue weighted by Crippen LogP contribution is -2.56. The number of rotatable bonds is 6. The normalized spacial score (nSPS) is 31.1. The summed E-state index contributed by atoms with van der Waals surface area (Å²) in [5.74, 6) is 0. The van der Waals surface area contributed by atoms with Gasteiger partial charge in [0.25, 0.3) is 0 Å². The minimum Gasteiger partial charge on any atom is -0.390 e. The Hall–Kier alpha value is -0.370. The molecule has 4 nitrogen and oxygen atoms in total. The van der Waals surface area contributed by atoms with Crippen LogP contribution in [0.2, 0.25) is 0 Å². The lowest BCUT2D eigenvalue weighted by Gasteiger charge is -2.42. The van der Waals surface area contributed by atoms with E-state index >= 15 is 0 Å². The van der Waals surface area contributed by atoms with Crippen LogP contribution in [-0.2, 0) is 14.2 Å². The van der Waals surface area contributed by atoms with Gasteiger partial charge in [0.2, 0.25) is 0 Å². The molecular weight excluding hydrogens is 241 g/mol. The maximum Gasteiger partial charge on any atom is 0.414 e. The molecule has 0 amide bonds. The number of methoxy groups -OCH3 is 1. The third kappa shape index (κ3) is 4.09. The van der Waals surface area contributed by atoms with Crippen LogP contribution in [0.15, 0.2) is 0 Å². The molecular formula is C10H17F3O4. The zero-order valence-electron chi connectivity index (χ0n) is 9.74. The topological polar surface area (TPSA) is 47.9 Å². The highest BCUT2D eigenvalue weighted by atomic mass is 19.4. The zero-order valence-corrected chi connectivity index (χ0v) is 9.74. The van der Waals surface area contributed by atoms with Crippen molar-refractivity contribution < 1.29 is 32.5 Å². The van der Waals surface area contributed by atoms with Gasteiger partial charge in [-0.3, -0.25) is 0 Å². The molecule has 4 unspecified atom stereocenters. The third-order valence-electron chi connectivity index (χ3n) is 2.66. The summed E-state index contributed by atoms with van der Waals surface area (Å²) in [5.41, 5.74) is 0. The van der Waals surface area contributed by atoms with Gasteiger partial charge in [-0.1, -0.05) is 0 Å². The molecule has 0 aliphatic heterocycles. The first-order chi connectivity index (χ1) is 7.86. The number of alkyl halides is 3.